The molecule has 0 aromatic heterocycles. The minimum absolute atomic E-state index is 0. The van der Waals surface area contributed by atoms with Gasteiger partial charge in [0.15, 0.2) is 0 Å². The van der Waals surface area contributed by atoms with Crippen molar-refractivity contribution in [3.63, 3.8) is 0 Å². The van der Waals surface area contributed by atoms with E-state index in [1.54, 1.807) is 13.8 Å². The van der Waals surface area contributed by atoms with Crippen LogP contribution in [0, 0.1) is 0 Å². The zero-order valence-corrected chi connectivity index (χ0v) is 14.5. The molecule has 0 aliphatic heterocycles. The van der Waals surface area contributed by atoms with Gasteiger partial charge in [0.25, 0.3) is 10.1 Å². The van der Waals surface area contributed by atoms with E-state index in [9.17, 15) is 21.4 Å². The van der Waals surface area contributed by atoms with Crippen molar-refractivity contribution < 1.29 is 55.5 Å². The Morgan fingerprint density at radius 3 is 1.28 bits per heavy atom. The van der Waals surface area contributed by atoms with E-state index in [1.807, 2.05) is 0 Å². The maximum absolute atomic E-state index is 10.1. The van der Waals surface area contributed by atoms with E-state index in [0.29, 0.717) is 12.8 Å². The topological polar surface area (TPSA) is 112 Å². The van der Waals surface area contributed by atoms with Crippen LogP contribution in [-0.2, 0) is 20.2 Å². The fraction of sp³-hybridized carbons (Fsp3) is 1.00. The Kier molecular flexibility index (Phi) is 17.6. The molecule has 0 aromatic rings. The van der Waals surface area contributed by atoms with Crippen LogP contribution in [0.1, 0.15) is 48.0 Å². The second kappa shape index (κ2) is 11.6. The third-order valence-corrected chi connectivity index (χ3v) is 4.82. The van der Waals surface area contributed by atoms with Crippen molar-refractivity contribution in [2.24, 2.45) is 0 Å². The van der Waals surface area contributed by atoms with Gasteiger partial charge >= 0.3 is 29.6 Å². The van der Waals surface area contributed by atoms with Crippen molar-refractivity contribution in [3.8, 4) is 0 Å². The first-order valence-corrected chi connectivity index (χ1v) is 7.85. The Morgan fingerprint density at radius 1 is 1.00 bits per heavy atom. The minimum Gasteiger partial charge on any atom is -0.748 e. The van der Waals surface area contributed by atoms with Crippen LogP contribution in [-0.4, -0.2) is 36.4 Å². The normalized spacial score (nSPS) is 14.1. The second-order valence-electron chi connectivity index (χ2n) is 3.45. The van der Waals surface area contributed by atoms with Gasteiger partial charge in [-0.3, -0.25) is 4.55 Å². The second-order valence-corrected chi connectivity index (χ2v) is 7.07. The monoisotopic (exact) mass is 314 g/mol. The van der Waals surface area contributed by atoms with Crippen LogP contribution in [0.3, 0.4) is 0 Å². The molecule has 0 spiro atoms. The summed E-state index contributed by atoms with van der Waals surface area (Å²) in [6.07, 6.45) is 0.852. The van der Waals surface area contributed by atoms with Crippen LogP contribution in [0.25, 0.3) is 0 Å². The van der Waals surface area contributed by atoms with E-state index >= 15 is 0 Å². The van der Waals surface area contributed by atoms with Crippen LogP contribution in [0.2, 0.25) is 0 Å². The van der Waals surface area contributed by atoms with Crippen LogP contribution >= 0.6 is 0 Å². The first-order chi connectivity index (χ1) is 6.96. The van der Waals surface area contributed by atoms with Gasteiger partial charge < -0.3 is 4.55 Å². The number of hydrogen-bond donors (Lipinski definition) is 1. The van der Waals surface area contributed by atoms with Crippen LogP contribution < -0.4 is 29.6 Å². The molecule has 9 heteroatoms. The minimum atomic E-state index is -4.00. The van der Waals surface area contributed by atoms with E-state index in [2.05, 4.69) is 0 Å². The van der Waals surface area contributed by atoms with E-state index in [4.69, 9.17) is 4.55 Å². The summed E-state index contributed by atoms with van der Waals surface area (Å²) in [5.41, 5.74) is 0. The van der Waals surface area contributed by atoms with Crippen molar-refractivity contribution in [3.05, 3.63) is 0 Å². The Balaban J connectivity index is -0.0000000980. The molecule has 0 radical (unpaired) electrons. The molecule has 0 saturated heterocycles. The van der Waals surface area contributed by atoms with Gasteiger partial charge in [-0.1, -0.05) is 21.3 Å². The van der Waals surface area contributed by atoms with Crippen molar-refractivity contribution in [1.82, 2.24) is 0 Å². The summed E-state index contributed by atoms with van der Waals surface area (Å²) in [6, 6.07) is 0. The van der Waals surface area contributed by atoms with Crippen molar-refractivity contribution >= 4 is 20.2 Å². The molecule has 2 unspecified atom stereocenters. The maximum atomic E-state index is 10.1. The molecule has 0 saturated carbocycles. The summed E-state index contributed by atoms with van der Waals surface area (Å²) in [6.45, 7) is 6.25. The summed E-state index contributed by atoms with van der Waals surface area (Å²) < 4.78 is 58.5. The molecule has 6 nitrogen and oxygen atoms in total. The molecule has 0 rings (SSSR count). The first kappa shape index (κ1) is 27.2. The Labute approximate surface area is 133 Å². The molecule has 0 amide bonds. The van der Waals surface area contributed by atoms with Gasteiger partial charge in [0.05, 0.1) is 15.4 Å². The molecule has 0 heterocycles. The smallest absolute Gasteiger partial charge is 0.748 e. The van der Waals surface area contributed by atoms with E-state index in [1.165, 1.54) is 13.8 Å². The van der Waals surface area contributed by atoms with Crippen LogP contribution in [0.4, 0.5) is 0 Å². The predicted octanol–water partition coefficient (Wildman–Crippen LogP) is -1.36. The summed E-state index contributed by atoms with van der Waals surface area (Å²) in [5, 5.41) is -1.36. The number of rotatable bonds is 4. The molecule has 0 aliphatic carbocycles. The third kappa shape index (κ3) is 14.9. The van der Waals surface area contributed by atoms with Gasteiger partial charge in [0, 0.05) is 5.25 Å². The molecule has 0 fully saturated rings. The van der Waals surface area contributed by atoms with Gasteiger partial charge in [-0.05, 0) is 26.7 Å². The average Bonchev–Trinajstić information content (AvgIpc) is 2.13. The van der Waals surface area contributed by atoms with Gasteiger partial charge in [0.2, 0.25) is 0 Å². The predicted molar refractivity (Wildman–Crippen MR) is 67.5 cm³/mol. The number of hydrogen-bond acceptors (Lipinski definition) is 5. The largest absolute Gasteiger partial charge is 1.00 e. The molecule has 1 N–H and O–H groups in total. The van der Waals surface area contributed by atoms with Gasteiger partial charge in [0.1, 0.15) is 0 Å². The fourth-order valence-corrected chi connectivity index (χ4v) is 1.24. The summed E-state index contributed by atoms with van der Waals surface area (Å²) in [5.74, 6) is 0. The van der Waals surface area contributed by atoms with Crippen molar-refractivity contribution in [1.29, 1.82) is 0 Å². The van der Waals surface area contributed by atoms with Crippen molar-refractivity contribution in [2.45, 2.75) is 58.5 Å². The Hall–Kier alpha value is 0.820. The first-order valence-electron chi connectivity index (χ1n) is 4.87. The van der Waals surface area contributed by atoms with Gasteiger partial charge in [-0.15, -0.1) is 0 Å². The molecular formula is C9H23NaO6S2. The molecule has 0 aromatic carbocycles. The standard InChI is InChI=1S/2C4H10O3S.CH4.Na/c2*1-3-4(2)8(5,6)7;;/h2*4H,3H2,1-2H3,(H,5,6,7);1H4;/q;;;+1/p-1. The van der Waals surface area contributed by atoms with E-state index in [0.717, 1.165) is 0 Å². The van der Waals surface area contributed by atoms with Crippen LogP contribution in [0.15, 0.2) is 0 Å². The molecule has 0 aliphatic rings. The Morgan fingerprint density at radius 2 is 1.28 bits per heavy atom. The zero-order valence-electron chi connectivity index (χ0n) is 10.9. The molecule has 108 valence electrons. The molecule has 2 atom stereocenters. The fourth-order valence-electron chi connectivity index (χ4n) is 0.415. The SMILES string of the molecule is C.CCC(C)S(=O)(=O)O.CCC(C)S(=O)(=O)[O-].[Na+]. The summed E-state index contributed by atoms with van der Waals surface area (Å²) >= 11 is 0. The summed E-state index contributed by atoms with van der Waals surface area (Å²) in [7, 11) is -7.76. The molecular weight excluding hydrogens is 291 g/mol. The van der Waals surface area contributed by atoms with Crippen LogP contribution in [0.5, 0.6) is 0 Å². The zero-order chi connectivity index (χ0) is 13.6. The molecule has 0 bridgehead atoms. The van der Waals surface area contributed by atoms with Gasteiger partial charge in [-0.2, -0.15) is 8.42 Å². The quantitative estimate of drug-likeness (QED) is 0.507. The van der Waals surface area contributed by atoms with Gasteiger partial charge in [-0.25, -0.2) is 8.42 Å². The third-order valence-electron chi connectivity index (χ3n) is 2.15. The van der Waals surface area contributed by atoms with Crippen molar-refractivity contribution in [2.75, 3.05) is 0 Å². The summed E-state index contributed by atoms with van der Waals surface area (Å²) in [4.78, 5) is 0. The molecule has 18 heavy (non-hydrogen) atoms. The Bertz CT molecular complexity index is 338. The average molecular weight is 314 g/mol. The van der Waals surface area contributed by atoms with E-state index in [-0.39, 0.29) is 37.0 Å². The maximum Gasteiger partial charge on any atom is 1.00 e. The van der Waals surface area contributed by atoms with E-state index < -0.39 is 30.7 Å².